The summed E-state index contributed by atoms with van der Waals surface area (Å²) in [5.41, 5.74) is 7.20. The molecule has 7 heteroatoms. The van der Waals surface area contributed by atoms with Gasteiger partial charge in [-0.1, -0.05) is 0 Å². The maximum Gasteiger partial charge on any atom is 0.318 e. The Hall–Kier alpha value is -2.18. The SMILES string of the molecule is Cc1c(COc2ncc(F)c(N)n2)cnn1C. The largest absolute Gasteiger partial charge is 0.458 e. The first-order valence-electron chi connectivity index (χ1n) is 4.96. The molecule has 0 aromatic carbocycles. The lowest BCUT2D eigenvalue weighted by Gasteiger charge is -2.04. The van der Waals surface area contributed by atoms with Crippen LogP contribution in [0.3, 0.4) is 0 Å². The summed E-state index contributed by atoms with van der Waals surface area (Å²) in [6, 6.07) is 0.0483. The molecule has 2 aromatic heterocycles. The lowest BCUT2D eigenvalue weighted by Crippen LogP contribution is -2.04. The molecular formula is C10H12FN5O. The number of ether oxygens (including phenoxy) is 1. The Bertz CT molecular complexity index is 539. The Labute approximate surface area is 97.2 Å². The quantitative estimate of drug-likeness (QED) is 0.854. The van der Waals surface area contributed by atoms with Crippen molar-refractivity contribution in [2.75, 3.05) is 5.73 Å². The fourth-order valence-corrected chi connectivity index (χ4v) is 1.26. The Kier molecular flexibility index (Phi) is 2.90. The highest BCUT2D eigenvalue weighted by Crippen LogP contribution is 2.12. The maximum atomic E-state index is 12.8. The monoisotopic (exact) mass is 237 g/mol. The standard InChI is InChI=1S/C10H12FN5O/c1-6-7(3-14-16(6)2)5-17-10-13-4-8(11)9(12)15-10/h3-4H,5H2,1-2H3,(H2,12,13,15). The molecule has 0 aliphatic rings. The van der Waals surface area contributed by atoms with Crippen molar-refractivity contribution in [3.05, 3.63) is 29.5 Å². The normalized spacial score (nSPS) is 10.5. The van der Waals surface area contributed by atoms with Gasteiger partial charge in [0, 0.05) is 18.3 Å². The van der Waals surface area contributed by atoms with E-state index < -0.39 is 5.82 Å². The van der Waals surface area contributed by atoms with E-state index in [1.807, 2.05) is 14.0 Å². The molecule has 0 saturated carbocycles. The van der Waals surface area contributed by atoms with Gasteiger partial charge in [0.15, 0.2) is 11.6 Å². The molecule has 2 N–H and O–H groups in total. The highest BCUT2D eigenvalue weighted by Gasteiger charge is 2.07. The third kappa shape index (κ3) is 2.32. The van der Waals surface area contributed by atoms with Gasteiger partial charge in [-0.05, 0) is 6.92 Å². The Balaban J connectivity index is 2.07. The van der Waals surface area contributed by atoms with Gasteiger partial charge in [0.25, 0.3) is 0 Å². The molecule has 0 saturated heterocycles. The minimum atomic E-state index is -0.657. The number of aryl methyl sites for hydroxylation is 1. The van der Waals surface area contributed by atoms with Crippen LogP contribution in [-0.4, -0.2) is 19.7 Å². The van der Waals surface area contributed by atoms with Gasteiger partial charge in [-0.3, -0.25) is 4.68 Å². The molecule has 2 rings (SSSR count). The van der Waals surface area contributed by atoms with Crippen molar-refractivity contribution in [2.24, 2.45) is 7.05 Å². The average molecular weight is 237 g/mol. The van der Waals surface area contributed by atoms with E-state index in [2.05, 4.69) is 15.1 Å². The number of rotatable bonds is 3. The summed E-state index contributed by atoms with van der Waals surface area (Å²) in [6.07, 6.45) is 2.68. The molecule has 6 nitrogen and oxygen atoms in total. The van der Waals surface area contributed by atoms with Crippen molar-refractivity contribution in [1.82, 2.24) is 19.7 Å². The molecule has 90 valence electrons. The van der Waals surface area contributed by atoms with Crippen LogP contribution in [0, 0.1) is 12.7 Å². The van der Waals surface area contributed by atoms with Gasteiger partial charge in [-0.15, -0.1) is 0 Å². The molecule has 17 heavy (non-hydrogen) atoms. The number of nitrogens with two attached hydrogens (primary N) is 1. The molecule has 0 spiro atoms. The highest BCUT2D eigenvalue weighted by atomic mass is 19.1. The Morgan fingerprint density at radius 1 is 1.47 bits per heavy atom. The molecule has 2 aromatic rings. The summed E-state index contributed by atoms with van der Waals surface area (Å²) >= 11 is 0. The van der Waals surface area contributed by atoms with Gasteiger partial charge < -0.3 is 10.5 Å². The molecule has 0 radical (unpaired) electrons. The van der Waals surface area contributed by atoms with Crippen LogP contribution >= 0.6 is 0 Å². The van der Waals surface area contributed by atoms with Gasteiger partial charge in [-0.2, -0.15) is 10.1 Å². The summed E-state index contributed by atoms with van der Waals surface area (Å²) < 4.78 is 19.8. The Morgan fingerprint density at radius 2 is 2.24 bits per heavy atom. The molecule has 0 amide bonds. The van der Waals surface area contributed by atoms with Crippen molar-refractivity contribution in [1.29, 1.82) is 0 Å². The number of hydrogen-bond acceptors (Lipinski definition) is 5. The zero-order valence-corrected chi connectivity index (χ0v) is 9.51. The summed E-state index contributed by atoms with van der Waals surface area (Å²) in [6.45, 7) is 2.19. The predicted molar refractivity (Wildman–Crippen MR) is 58.7 cm³/mol. The van der Waals surface area contributed by atoms with E-state index in [9.17, 15) is 4.39 Å². The van der Waals surface area contributed by atoms with Crippen LogP contribution in [0.25, 0.3) is 0 Å². The molecular weight excluding hydrogens is 225 g/mol. The first-order valence-corrected chi connectivity index (χ1v) is 4.96. The minimum absolute atomic E-state index is 0.0483. The molecule has 0 bridgehead atoms. The van der Waals surface area contributed by atoms with Crippen molar-refractivity contribution >= 4 is 5.82 Å². The minimum Gasteiger partial charge on any atom is -0.458 e. The zero-order chi connectivity index (χ0) is 12.4. The van der Waals surface area contributed by atoms with E-state index in [0.29, 0.717) is 0 Å². The first-order chi connectivity index (χ1) is 8.08. The van der Waals surface area contributed by atoms with Crippen molar-refractivity contribution < 1.29 is 9.13 Å². The molecule has 0 unspecified atom stereocenters. The molecule has 2 heterocycles. The fourth-order valence-electron chi connectivity index (χ4n) is 1.26. The first kappa shape index (κ1) is 11.3. The molecule has 0 fully saturated rings. The lowest BCUT2D eigenvalue weighted by molar-refractivity contribution is 0.279. The van der Waals surface area contributed by atoms with Gasteiger partial charge in [0.2, 0.25) is 0 Å². The van der Waals surface area contributed by atoms with E-state index in [1.165, 1.54) is 0 Å². The van der Waals surface area contributed by atoms with E-state index >= 15 is 0 Å². The summed E-state index contributed by atoms with van der Waals surface area (Å²) in [4.78, 5) is 7.34. The van der Waals surface area contributed by atoms with E-state index in [1.54, 1.807) is 10.9 Å². The smallest absolute Gasteiger partial charge is 0.318 e. The van der Waals surface area contributed by atoms with Crippen molar-refractivity contribution in [3.8, 4) is 6.01 Å². The molecule has 0 aliphatic heterocycles. The lowest BCUT2D eigenvalue weighted by atomic mass is 10.3. The molecule has 0 aliphatic carbocycles. The maximum absolute atomic E-state index is 12.8. The Morgan fingerprint density at radius 3 is 2.82 bits per heavy atom. The second-order valence-electron chi connectivity index (χ2n) is 3.55. The second kappa shape index (κ2) is 4.36. The van der Waals surface area contributed by atoms with E-state index in [4.69, 9.17) is 10.5 Å². The van der Waals surface area contributed by atoms with Gasteiger partial charge in [0.1, 0.15) is 6.61 Å². The fraction of sp³-hybridized carbons (Fsp3) is 0.300. The summed E-state index contributed by atoms with van der Waals surface area (Å²) in [7, 11) is 1.84. The van der Waals surface area contributed by atoms with Crippen molar-refractivity contribution in [2.45, 2.75) is 13.5 Å². The third-order valence-corrected chi connectivity index (χ3v) is 2.44. The van der Waals surface area contributed by atoms with Crippen molar-refractivity contribution in [3.63, 3.8) is 0 Å². The predicted octanol–water partition coefficient (Wildman–Crippen LogP) is 0.819. The number of nitrogen functional groups attached to an aromatic ring is 1. The summed E-state index contributed by atoms with van der Waals surface area (Å²) in [5.74, 6) is -0.882. The van der Waals surface area contributed by atoms with E-state index in [-0.39, 0.29) is 18.4 Å². The number of nitrogens with zero attached hydrogens (tertiary/aromatic N) is 4. The number of hydrogen-bond donors (Lipinski definition) is 1. The zero-order valence-electron chi connectivity index (χ0n) is 9.51. The van der Waals surface area contributed by atoms with Crippen LogP contribution in [0.15, 0.2) is 12.4 Å². The van der Waals surface area contributed by atoms with Crippen LogP contribution in [0.5, 0.6) is 6.01 Å². The van der Waals surface area contributed by atoms with Gasteiger partial charge in [-0.25, -0.2) is 9.37 Å². The van der Waals surface area contributed by atoms with Crippen LogP contribution in [0.2, 0.25) is 0 Å². The van der Waals surface area contributed by atoms with Crippen LogP contribution in [0.4, 0.5) is 10.2 Å². The van der Waals surface area contributed by atoms with Crippen LogP contribution in [0.1, 0.15) is 11.3 Å². The number of aromatic nitrogens is 4. The second-order valence-corrected chi connectivity index (χ2v) is 3.55. The summed E-state index contributed by atoms with van der Waals surface area (Å²) in [5, 5.41) is 4.07. The molecule has 0 atom stereocenters. The van der Waals surface area contributed by atoms with Crippen LogP contribution in [-0.2, 0) is 13.7 Å². The number of anilines is 1. The van der Waals surface area contributed by atoms with Gasteiger partial charge >= 0.3 is 6.01 Å². The number of halogens is 1. The van der Waals surface area contributed by atoms with Crippen LogP contribution < -0.4 is 10.5 Å². The van der Waals surface area contributed by atoms with Gasteiger partial charge in [0.05, 0.1) is 12.4 Å². The highest BCUT2D eigenvalue weighted by molar-refractivity contribution is 5.29. The third-order valence-electron chi connectivity index (χ3n) is 2.44. The topological polar surface area (TPSA) is 78.8 Å². The average Bonchev–Trinajstić information content (AvgIpc) is 2.62. The van der Waals surface area contributed by atoms with E-state index in [0.717, 1.165) is 17.5 Å².